The predicted octanol–water partition coefficient (Wildman–Crippen LogP) is 2.72. The summed E-state index contributed by atoms with van der Waals surface area (Å²) < 4.78 is 38.9. The average molecular weight is 270 g/mol. The first-order valence-corrected chi connectivity index (χ1v) is 5.68. The van der Waals surface area contributed by atoms with Crippen molar-refractivity contribution in [2.75, 3.05) is 0 Å². The second-order valence-corrected chi connectivity index (χ2v) is 4.34. The number of halogens is 3. The Morgan fingerprint density at radius 3 is 2.37 bits per heavy atom. The summed E-state index contributed by atoms with van der Waals surface area (Å²) >= 11 is 0. The molecule has 1 unspecified atom stereocenters. The van der Waals surface area contributed by atoms with E-state index >= 15 is 0 Å². The van der Waals surface area contributed by atoms with Gasteiger partial charge in [0.15, 0.2) is 0 Å². The van der Waals surface area contributed by atoms with Crippen molar-refractivity contribution in [3.8, 4) is 0 Å². The molecule has 0 aliphatic carbocycles. The Balaban J connectivity index is 2.10. The molecule has 1 N–H and O–H groups in total. The number of aryl methyl sites for hydroxylation is 1. The Hall–Kier alpha value is -1.82. The average Bonchev–Trinajstić information content (AvgIpc) is 2.75. The van der Waals surface area contributed by atoms with Gasteiger partial charge < -0.3 is 9.67 Å². The van der Waals surface area contributed by atoms with Crippen LogP contribution in [0.1, 0.15) is 22.9 Å². The first-order valence-electron chi connectivity index (χ1n) is 5.68. The summed E-state index contributed by atoms with van der Waals surface area (Å²) in [7, 11) is 1.75. The molecule has 1 aromatic heterocycles. The number of hydrogen-bond donors (Lipinski definition) is 1. The third kappa shape index (κ3) is 3.14. The standard InChI is InChI=1S/C13H13F3N2O/c1-18-8-17-7-11(18)12(19)6-9-2-4-10(5-3-9)13(14,15)16/h2-5,7-8,12,19H,6H2,1H3. The Labute approximate surface area is 108 Å². The molecule has 6 heteroatoms. The van der Waals surface area contributed by atoms with Crippen LogP contribution in [0.2, 0.25) is 0 Å². The summed E-state index contributed by atoms with van der Waals surface area (Å²) in [5.74, 6) is 0. The monoisotopic (exact) mass is 270 g/mol. The van der Waals surface area contributed by atoms with E-state index in [1.807, 2.05) is 0 Å². The molecule has 0 saturated carbocycles. The number of hydrogen-bond acceptors (Lipinski definition) is 2. The molecule has 0 spiro atoms. The van der Waals surface area contributed by atoms with Crippen molar-refractivity contribution in [3.63, 3.8) is 0 Å². The minimum Gasteiger partial charge on any atom is -0.386 e. The number of imidazole rings is 1. The molecule has 0 fully saturated rings. The van der Waals surface area contributed by atoms with Crippen LogP contribution in [-0.4, -0.2) is 14.7 Å². The van der Waals surface area contributed by atoms with Gasteiger partial charge in [0.2, 0.25) is 0 Å². The number of alkyl halides is 3. The van der Waals surface area contributed by atoms with Crippen LogP contribution in [0.3, 0.4) is 0 Å². The molecule has 1 aromatic carbocycles. The highest BCUT2D eigenvalue weighted by Gasteiger charge is 2.30. The Morgan fingerprint density at radius 2 is 1.89 bits per heavy atom. The van der Waals surface area contributed by atoms with Crippen LogP contribution in [0.5, 0.6) is 0 Å². The van der Waals surface area contributed by atoms with Gasteiger partial charge in [0.05, 0.1) is 29.9 Å². The van der Waals surface area contributed by atoms with Gasteiger partial charge in [0, 0.05) is 13.5 Å². The van der Waals surface area contributed by atoms with Gasteiger partial charge >= 0.3 is 6.18 Å². The molecule has 0 bridgehead atoms. The van der Waals surface area contributed by atoms with E-state index < -0.39 is 17.8 Å². The zero-order valence-electron chi connectivity index (χ0n) is 10.2. The van der Waals surface area contributed by atoms with Gasteiger partial charge in [-0.3, -0.25) is 0 Å². The van der Waals surface area contributed by atoms with Crippen LogP contribution < -0.4 is 0 Å². The van der Waals surface area contributed by atoms with Gasteiger partial charge in [0.25, 0.3) is 0 Å². The van der Waals surface area contributed by atoms with Crippen LogP contribution in [0.15, 0.2) is 36.8 Å². The largest absolute Gasteiger partial charge is 0.416 e. The van der Waals surface area contributed by atoms with Gasteiger partial charge in [-0.2, -0.15) is 13.2 Å². The predicted molar refractivity (Wildman–Crippen MR) is 63.3 cm³/mol. The fourth-order valence-electron chi connectivity index (χ4n) is 1.85. The fraction of sp³-hybridized carbons (Fsp3) is 0.308. The third-order valence-electron chi connectivity index (χ3n) is 2.91. The van der Waals surface area contributed by atoms with Crippen molar-refractivity contribution < 1.29 is 18.3 Å². The van der Waals surface area contributed by atoms with Crippen molar-refractivity contribution in [2.45, 2.75) is 18.7 Å². The van der Waals surface area contributed by atoms with Crippen molar-refractivity contribution in [1.82, 2.24) is 9.55 Å². The first kappa shape index (κ1) is 13.6. The maximum absolute atomic E-state index is 12.4. The molecular formula is C13H13F3N2O. The lowest BCUT2D eigenvalue weighted by Crippen LogP contribution is -2.08. The summed E-state index contributed by atoms with van der Waals surface area (Å²) in [5.41, 5.74) is 0.577. The number of aromatic nitrogens is 2. The minimum absolute atomic E-state index is 0.248. The summed E-state index contributed by atoms with van der Waals surface area (Å²) in [6, 6.07) is 4.79. The molecule has 0 aliphatic rings. The SMILES string of the molecule is Cn1cncc1C(O)Cc1ccc(C(F)(F)F)cc1. The van der Waals surface area contributed by atoms with Crippen molar-refractivity contribution >= 4 is 0 Å². The smallest absolute Gasteiger partial charge is 0.386 e. The molecule has 19 heavy (non-hydrogen) atoms. The molecule has 0 saturated heterocycles. The van der Waals surface area contributed by atoms with E-state index in [4.69, 9.17) is 0 Å². The third-order valence-corrected chi connectivity index (χ3v) is 2.91. The summed E-state index contributed by atoms with van der Waals surface area (Å²) in [5, 5.41) is 9.99. The quantitative estimate of drug-likeness (QED) is 0.931. The number of aliphatic hydroxyl groups excluding tert-OH is 1. The van der Waals surface area contributed by atoms with E-state index in [1.54, 1.807) is 17.9 Å². The summed E-state index contributed by atoms with van der Waals surface area (Å²) in [4.78, 5) is 3.89. The maximum atomic E-state index is 12.4. The fourth-order valence-corrected chi connectivity index (χ4v) is 1.85. The highest BCUT2D eigenvalue weighted by molar-refractivity contribution is 5.25. The van der Waals surface area contributed by atoms with Gasteiger partial charge in [-0.25, -0.2) is 4.98 Å². The van der Waals surface area contributed by atoms with Gasteiger partial charge in [0.1, 0.15) is 0 Å². The first-order chi connectivity index (χ1) is 8.88. The molecule has 0 amide bonds. The minimum atomic E-state index is -4.33. The van der Waals surface area contributed by atoms with Crippen LogP contribution >= 0.6 is 0 Å². The topological polar surface area (TPSA) is 38.0 Å². The summed E-state index contributed by atoms with van der Waals surface area (Å²) in [6.07, 6.45) is -1.78. The van der Waals surface area contributed by atoms with Crippen molar-refractivity contribution in [3.05, 3.63) is 53.6 Å². The maximum Gasteiger partial charge on any atom is 0.416 e. The molecule has 3 nitrogen and oxygen atoms in total. The summed E-state index contributed by atoms with van der Waals surface area (Å²) in [6.45, 7) is 0. The molecule has 2 rings (SSSR count). The van der Waals surface area contributed by atoms with E-state index in [2.05, 4.69) is 4.98 Å². The van der Waals surface area contributed by atoms with Gasteiger partial charge in [-0.05, 0) is 17.7 Å². The van der Waals surface area contributed by atoms with Gasteiger partial charge in [-0.15, -0.1) is 0 Å². The number of nitrogens with zero attached hydrogens (tertiary/aromatic N) is 2. The zero-order valence-corrected chi connectivity index (χ0v) is 10.2. The lowest BCUT2D eigenvalue weighted by Gasteiger charge is -2.12. The molecule has 1 atom stereocenters. The van der Waals surface area contributed by atoms with Crippen LogP contribution in [0, 0.1) is 0 Å². The molecule has 0 radical (unpaired) electrons. The van der Waals surface area contributed by atoms with Gasteiger partial charge in [-0.1, -0.05) is 12.1 Å². The molecule has 0 aliphatic heterocycles. The second kappa shape index (κ2) is 5.05. The zero-order chi connectivity index (χ0) is 14.0. The van der Waals surface area contributed by atoms with E-state index in [9.17, 15) is 18.3 Å². The van der Waals surface area contributed by atoms with E-state index in [1.165, 1.54) is 18.3 Å². The van der Waals surface area contributed by atoms with E-state index in [0.29, 0.717) is 11.3 Å². The lowest BCUT2D eigenvalue weighted by molar-refractivity contribution is -0.137. The molecule has 1 heterocycles. The highest BCUT2D eigenvalue weighted by Crippen LogP contribution is 2.29. The lowest BCUT2D eigenvalue weighted by atomic mass is 10.0. The number of rotatable bonds is 3. The number of benzene rings is 1. The molecular weight excluding hydrogens is 257 g/mol. The second-order valence-electron chi connectivity index (χ2n) is 4.34. The molecule has 2 aromatic rings. The van der Waals surface area contributed by atoms with Crippen LogP contribution in [0.4, 0.5) is 13.2 Å². The highest BCUT2D eigenvalue weighted by atomic mass is 19.4. The number of aliphatic hydroxyl groups is 1. The normalized spacial score (nSPS) is 13.5. The van der Waals surface area contributed by atoms with Crippen molar-refractivity contribution in [2.24, 2.45) is 7.05 Å². The molecule has 102 valence electrons. The van der Waals surface area contributed by atoms with Crippen LogP contribution in [-0.2, 0) is 19.6 Å². The van der Waals surface area contributed by atoms with E-state index in [0.717, 1.165) is 12.1 Å². The Kier molecular flexibility index (Phi) is 3.61. The Bertz CT molecular complexity index is 546. The van der Waals surface area contributed by atoms with Crippen LogP contribution in [0.25, 0.3) is 0 Å². The Morgan fingerprint density at radius 1 is 1.26 bits per heavy atom. The van der Waals surface area contributed by atoms with Crippen molar-refractivity contribution in [1.29, 1.82) is 0 Å². The van der Waals surface area contributed by atoms with E-state index in [-0.39, 0.29) is 6.42 Å².